The second-order valence-corrected chi connectivity index (χ2v) is 5.07. The third kappa shape index (κ3) is 2.23. The van der Waals surface area contributed by atoms with Crippen LogP contribution in [0.1, 0.15) is 16.1 Å². The Kier molecular flexibility index (Phi) is 3.11. The molecule has 0 amide bonds. The number of aryl methyl sites for hydroxylation is 2. The summed E-state index contributed by atoms with van der Waals surface area (Å²) >= 11 is 1.52. The van der Waals surface area contributed by atoms with E-state index in [4.69, 9.17) is 5.11 Å². The van der Waals surface area contributed by atoms with Crippen molar-refractivity contribution in [2.75, 3.05) is 0 Å². The van der Waals surface area contributed by atoms with Crippen LogP contribution in [0.15, 0.2) is 33.9 Å². The predicted molar refractivity (Wildman–Crippen MR) is 75.3 cm³/mol. The molecular weight excluding hydrogens is 278 g/mol. The number of carboxylic acids is 1. The smallest absolute Gasteiger partial charge is 0.335 e. The van der Waals surface area contributed by atoms with Gasteiger partial charge in [0.1, 0.15) is 0 Å². The Morgan fingerprint density at radius 3 is 3.00 bits per heavy atom. The van der Waals surface area contributed by atoms with Crippen molar-refractivity contribution in [3.05, 3.63) is 50.8 Å². The maximum Gasteiger partial charge on any atom is 0.335 e. The van der Waals surface area contributed by atoms with E-state index in [1.807, 2.05) is 5.38 Å². The van der Waals surface area contributed by atoms with Gasteiger partial charge in [0.25, 0.3) is 0 Å². The summed E-state index contributed by atoms with van der Waals surface area (Å²) in [5.41, 5.74) is 3.86. The first-order valence-electron chi connectivity index (χ1n) is 5.98. The fourth-order valence-electron chi connectivity index (χ4n) is 2.11. The summed E-state index contributed by atoms with van der Waals surface area (Å²) < 4.78 is 1.60. The molecule has 6 nitrogen and oxygen atoms in total. The van der Waals surface area contributed by atoms with Crippen molar-refractivity contribution >= 4 is 28.3 Å². The summed E-state index contributed by atoms with van der Waals surface area (Å²) in [6.45, 7) is 0.509. The van der Waals surface area contributed by atoms with Gasteiger partial charge >= 0.3 is 11.7 Å². The van der Waals surface area contributed by atoms with Gasteiger partial charge in [0, 0.05) is 18.3 Å². The highest BCUT2D eigenvalue weighted by molar-refractivity contribution is 7.07. The summed E-state index contributed by atoms with van der Waals surface area (Å²) in [6, 6.07) is 4.62. The number of fused-ring (bicyclic) bond motifs is 1. The number of aromatic nitrogens is 3. The number of hydrogen-bond donors (Lipinski definition) is 2. The molecular formula is C13H11N3O3S. The van der Waals surface area contributed by atoms with Crippen LogP contribution in [0, 0.1) is 0 Å². The molecule has 0 spiro atoms. The van der Waals surface area contributed by atoms with Crippen molar-refractivity contribution in [2.24, 2.45) is 0 Å². The Labute approximate surface area is 117 Å². The van der Waals surface area contributed by atoms with E-state index in [0.717, 1.165) is 5.69 Å². The highest BCUT2D eigenvalue weighted by atomic mass is 32.1. The van der Waals surface area contributed by atoms with Crippen LogP contribution >= 0.6 is 11.3 Å². The molecule has 0 saturated heterocycles. The highest BCUT2D eigenvalue weighted by Gasteiger charge is 2.10. The van der Waals surface area contributed by atoms with Crippen molar-refractivity contribution in [3.63, 3.8) is 0 Å². The number of nitrogens with zero attached hydrogens (tertiary/aromatic N) is 2. The standard InChI is InChI=1S/C13H11N3O3S/c17-12(18)8-1-2-11-10(5-8)15-13(19)16(11)4-3-9-6-20-7-14-9/h1-2,5-7H,3-4H2,(H,15,19)(H,17,18). The fourth-order valence-corrected chi connectivity index (χ4v) is 2.70. The Bertz CT molecular complexity index is 817. The number of hydrogen-bond acceptors (Lipinski definition) is 4. The number of rotatable bonds is 4. The summed E-state index contributed by atoms with van der Waals surface area (Å²) in [6.07, 6.45) is 0.664. The van der Waals surface area contributed by atoms with Crippen LogP contribution in [0.2, 0.25) is 0 Å². The van der Waals surface area contributed by atoms with E-state index < -0.39 is 5.97 Å². The lowest BCUT2D eigenvalue weighted by Crippen LogP contribution is -2.17. The van der Waals surface area contributed by atoms with Gasteiger partial charge in [-0.05, 0) is 18.2 Å². The zero-order valence-electron chi connectivity index (χ0n) is 10.4. The van der Waals surface area contributed by atoms with Crippen LogP contribution in [0.3, 0.4) is 0 Å². The Morgan fingerprint density at radius 2 is 2.30 bits per heavy atom. The molecule has 3 aromatic rings. The molecule has 2 heterocycles. The number of H-pyrrole nitrogens is 1. The predicted octanol–water partition coefficient (Wildman–Crippen LogP) is 1.73. The fraction of sp³-hybridized carbons (Fsp3) is 0.154. The molecule has 2 N–H and O–H groups in total. The lowest BCUT2D eigenvalue weighted by Gasteiger charge is -2.02. The molecule has 0 bridgehead atoms. The normalized spacial score (nSPS) is 11.0. The summed E-state index contributed by atoms with van der Waals surface area (Å²) in [5, 5.41) is 10.9. The van der Waals surface area contributed by atoms with E-state index in [0.29, 0.717) is 24.0 Å². The van der Waals surface area contributed by atoms with Crippen LogP contribution in [0.25, 0.3) is 11.0 Å². The Hall–Kier alpha value is -2.41. The summed E-state index contributed by atoms with van der Waals surface area (Å²) in [5.74, 6) is -1.01. The Morgan fingerprint density at radius 1 is 1.45 bits per heavy atom. The molecule has 7 heteroatoms. The number of carbonyl (C=O) groups is 1. The van der Waals surface area contributed by atoms with Crippen LogP contribution in [0.5, 0.6) is 0 Å². The zero-order chi connectivity index (χ0) is 14.1. The van der Waals surface area contributed by atoms with Crippen LogP contribution in [-0.4, -0.2) is 25.6 Å². The van der Waals surface area contributed by atoms with Crippen LogP contribution in [0.4, 0.5) is 0 Å². The van der Waals surface area contributed by atoms with Gasteiger partial charge in [0.15, 0.2) is 0 Å². The maximum atomic E-state index is 11.9. The number of aromatic carboxylic acids is 1. The molecule has 0 aliphatic heterocycles. The van der Waals surface area contributed by atoms with E-state index >= 15 is 0 Å². The Balaban J connectivity index is 1.96. The first-order chi connectivity index (χ1) is 9.65. The first-order valence-corrected chi connectivity index (χ1v) is 6.92. The van der Waals surface area contributed by atoms with Gasteiger partial charge in [-0.3, -0.25) is 4.57 Å². The van der Waals surface area contributed by atoms with Crippen LogP contribution < -0.4 is 5.69 Å². The largest absolute Gasteiger partial charge is 0.478 e. The van der Waals surface area contributed by atoms with Crippen molar-refractivity contribution in [2.45, 2.75) is 13.0 Å². The third-order valence-corrected chi connectivity index (χ3v) is 3.73. The molecule has 0 unspecified atom stereocenters. The minimum Gasteiger partial charge on any atom is -0.478 e. The number of imidazole rings is 1. The highest BCUT2D eigenvalue weighted by Crippen LogP contribution is 2.14. The second kappa shape index (κ2) is 4.93. The average molecular weight is 289 g/mol. The van der Waals surface area contributed by atoms with Gasteiger partial charge in [-0.25, -0.2) is 14.6 Å². The topological polar surface area (TPSA) is 88.0 Å². The van der Waals surface area contributed by atoms with E-state index in [1.54, 1.807) is 16.1 Å². The number of nitrogens with one attached hydrogen (secondary N) is 1. The molecule has 2 aromatic heterocycles. The second-order valence-electron chi connectivity index (χ2n) is 4.35. The van der Waals surface area contributed by atoms with Gasteiger partial charge in [-0.15, -0.1) is 11.3 Å². The van der Waals surface area contributed by atoms with Gasteiger partial charge in [-0.1, -0.05) is 0 Å². The molecule has 20 heavy (non-hydrogen) atoms. The van der Waals surface area contributed by atoms with Gasteiger partial charge in [0.2, 0.25) is 0 Å². The molecule has 1 aromatic carbocycles. The SMILES string of the molecule is O=C(O)c1ccc2c(c1)[nH]c(=O)n2CCc1cscn1. The molecule has 102 valence electrons. The lowest BCUT2D eigenvalue weighted by molar-refractivity contribution is 0.0697. The molecule has 0 aliphatic rings. The van der Waals surface area contributed by atoms with Crippen molar-refractivity contribution < 1.29 is 9.90 Å². The molecule has 0 saturated carbocycles. The average Bonchev–Trinajstić information content (AvgIpc) is 3.02. The van der Waals surface area contributed by atoms with Gasteiger partial charge in [-0.2, -0.15) is 0 Å². The summed E-state index contributed by atoms with van der Waals surface area (Å²) in [7, 11) is 0. The molecule has 0 aliphatic carbocycles. The number of benzene rings is 1. The van der Waals surface area contributed by atoms with E-state index in [-0.39, 0.29) is 11.3 Å². The van der Waals surface area contributed by atoms with Gasteiger partial charge < -0.3 is 10.1 Å². The maximum absolute atomic E-state index is 11.9. The molecule has 0 radical (unpaired) electrons. The summed E-state index contributed by atoms with van der Waals surface area (Å²) in [4.78, 5) is 29.7. The monoisotopic (exact) mass is 289 g/mol. The zero-order valence-corrected chi connectivity index (χ0v) is 11.2. The third-order valence-electron chi connectivity index (χ3n) is 3.10. The van der Waals surface area contributed by atoms with Crippen molar-refractivity contribution in [1.29, 1.82) is 0 Å². The number of aromatic amines is 1. The van der Waals surface area contributed by atoms with E-state index in [2.05, 4.69) is 9.97 Å². The molecule has 0 fully saturated rings. The van der Waals surface area contributed by atoms with Crippen molar-refractivity contribution in [1.82, 2.24) is 14.5 Å². The minimum absolute atomic E-state index is 0.158. The number of carboxylic acid groups (broad SMARTS) is 1. The van der Waals surface area contributed by atoms with Gasteiger partial charge in [0.05, 0.1) is 27.8 Å². The molecule has 3 rings (SSSR count). The lowest BCUT2D eigenvalue weighted by atomic mass is 10.2. The molecule has 0 atom stereocenters. The van der Waals surface area contributed by atoms with Crippen molar-refractivity contribution in [3.8, 4) is 0 Å². The minimum atomic E-state index is -1.01. The van der Waals surface area contributed by atoms with E-state index in [1.165, 1.54) is 23.5 Å². The quantitative estimate of drug-likeness (QED) is 0.765. The van der Waals surface area contributed by atoms with E-state index in [9.17, 15) is 9.59 Å². The number of thiazole rings is 1. The van der Waals surface area contributed by atoms with Crippen LogP contribution in [-0.2, 0) is 13.0 Å². The first kappa shape index (κ1) is 12.6.